The van der Waals surface area contributed by atoms with E-state index in [4.69, 9.17) is 0 Å². The topological polar surface area (TPSA) is 17.1 Å². The molecule has 0 atom stereocenters. The zero-order valence-corrected chi connectivity index (χ0v) is 3.98. The van der Waals surface area contributed by atoms with Gasteiger partial charge in [0.25, 0.3) is 0 Å². The molecule has 0 spiro atoms. The minimum Gasteiger partial charge on any atom is -0.303 e. The molecule has 1 radical (unpaired) electrons. The molecule has 0 bridgehead atoms. The molecule has 0 saturated carbocycles. The van der Waals surface area contributed by atoms with E-state index in [-0.39, 0.29) is 0 Å². The maximum Gasteiger partial charge on any atom is 0.123 e. The minimum atomic E-state index is 0.837. The third-order valence-electron chi connectivity index (χ3n) is 0.552. The zero-order valence-electron chi connectivity index (χ0n) is 3.98. The summed E-state index contributed by atoms with van der Waals surface area (Å²) >= 11 is 0. The highest BCUT2D eigenvalue weighted by Gasteiger charge is 1.75. The molecule has 0 aromatic carbocycles. The Balaban J connectivity index is 2.49. The van der Waals surface area contributed by atoms with Crippen LogP contribution in [0.25, 0.3) is 0 Å². The molecule has 0 fully saturated rings. The van der Waals surface area contributed by atoms with Gasteiger partial charge in [-0.15, -0.1) is 0 Å². The summed E-state index contributed by atoms with van der Waals surface area (Å²) < 4.78 is 0. The highest BCUT2D eigenvalue weighted by Crippen LogP contribution is 1.85. The Labute approximate surface area is 38.4 Å². The van der Waals surface area contributed by atoms with Crippen molar-refractivity contribution in [2.75, 3.05) is 0 Å². The van der Waals surface area contributed by atoms with E-state index in [1.165, 1.54) is 0 Å². The molecule has 0 N–H and O–H groups in total. The summed E-state index contributed by atoms with van der Waals surface area (Å²) in [5, 5.41) is 0. The second-order valence-corrected chi connectivity index (χ2v) is 1.16. The monoisotopic (exact) mass is 85.1 g/mol. The lowest BCUT2D eigenvalue weighted by atomic mass is 10.3. The van der Waals surface area contributed by atoms with E-state index < -0.39 is 0 Å². The lowest BCUT2D eigenvalue weighted by Gasteiger charge is -1.78. The van der Waals surface area contributed by atoms with Gasteiger partial charge in [-0.1, -0.05) is 13.3 Å². The molecular weight excluding hydrogens is 76.1 g/mol. The van der Waals surface area contributed by atoms with E-state index in [1.807, 2.05) is 6.92 Å². The first-order valence-electron chi connectivity index (χ1n) is 2.18. The van der Waals surface area contributed by atoms with Gasteiger partial charge in [0.2, 0.25) is 0 Å². The summed E-state index contributed by atoms with van der Waals surface area (Å²) in [6.45, 7) is 2.04. The predicted molar refractivity (Wildman–Crippen MR) is 25.3 cm³/mol. The molecule has 0 aliphatic rings. The molecule has 0 aliphatic carbocycles. The number of aldehydes is 1. The van der Waals surface area contributed by atoms with Crippen LogP contribution >= 0.6 is 0 Å². The zero-order chi connectivity index (χ0) is 4.83. The average Bonchev–Trinajstić information content (AvgIpc) is 1.61. The summed E-state index contributed by atoms with van der Waals surface area (Å²) in [7, 11) is 0. The fourth-order valence-electron chi connectivity index (χ4n) is 0.235. The fourth-order valence-corrected chi connectivity index (χ4v) is 0.235. The molecule has 0 amide bonds. The number of carbonyl (C=O) groups is 1. The highest BCUT2D eigenvalue weighted by atomic mass is 16.1. The van der Waals surface area contributed by atoms with Crippen molar-refractivity contribution in [3.8, 4) is 0 Å². The number of unbranched alkanes of at least 4 members (excludes halogenated alkanes) is 2. The first-order valence-corrected chi connectivity index (χ1v) is 2.18. The molecule has 0 aromatic rings. The van der Waals surface area contributed by atoms with E-state index in [1.54, 1.807) is 6.42 Å². The summed E-state index contributed by atoms with van der Waals surface area (Å²) in [4.78, 5) is 9.51. The van der Waals surface area contributed by atoms with Crippen molar-refractivity contribution in [3.63, 3.8) is 0 Å². The Morgan fingerprint density at radius 2 is 2.33 bits per heavy atom. The van der Waals surface area contributed by atoms with Gasteiger partial charge in [0.05, 0.1) is 0 Å². The molecule has 1 heteroatoms. The van der Waals surface area contributed by atoms with E-state index in [0.717, 1.165) is 19.1 Å². The highest BCUT2D eigenvalue weighted by molar-refractivity contribution is 5.60. The van der Waals surface area contributed by atoms with Crippen LogP contribution in [0.5, 0.6) is 0 Å². The fraction of sp³-hybridized carbons (Fsp3) is 0.600. The van der Waals surface area contributed by atoms with Gasteiger partial charge in [-0.3, -0.25) is 0 Å². The van der Waals surface area contributed by atoms with Crippen LogP contribution in [0.3, 0.4) is 0 Å². The summed E-state index contributed by atoms with van der Waals surface area (Å²) in [6.07, 6.45) is 4.45. The molecular formula is C5H9O. The number of carbonyl (C=O) groups excluding carboxylic acids is 1. The van der Waals surface area contributed by atoms with Crippen molar-refractivity contribution >= 4 is 6.29 Å². The van der Waals surface area contributed by atoms with Crippen LogP contribution in [0.15, 0.2) is 0 Å². The maximum absolute atomic E-state index is 9.51. The van der Waals surface area contributed by atoms with Crippen LogP contribution in [0.4, 0.5) is 0 Å². The van der Waals surface area contributed by atoms with Gasteiger partial charge in [0, 0.05) is 6.42 Å². The molecule has 6 heavy (non-hydrogen) atoms. The van der Waals surface area contributed by atoms with Crippen molar-refractivity contribution in [1.29, 1.82) is 0 Å². The van der Waals surface area contributed by atoms with Gasteiger partial charge in [0.1, 0.15) is 6.29 Å². The quantitative estimate of drug-likeness (QED) is 0.371. The third-order valence-corrected chi connectivity index (χ3v) is 0.552. The molecule has 1 nitrogen and oxygen atoms in total. The first kappa shape index (κ1) is 5.67. The van der Waals surface area contributed by atoms with E-state index >= 15 is 0 Å². The molecule has 35 valence electrons. The molecule has 0 heterocycles. The molecule has 0 aromatic heterocycles. The SMILES string of the molecule is CCC[CH]C=O. The molecule has 0 rings (SSSR count). The van der Waals surface area contributed by atoms with Crippen LogP contribution in [0.2, 0.25) is 0 Å². The first-order chi connectivity index (χ1) is 2.91. The van der Waals surface area contributed by atoms with Gasteiger partial charge in [-0.25, -0.2) is 0 Å². The van der Waals surface area contributed by atoms with Crippen molar-refractivity contribution in [2.45, 2.75) is 19.8 Å². The van der Waals surface area contributed by atoms with E-state index in [0.29, 0.717) is 0 Å². The van der Waals surface area contributed by atoms with Crippen LogP contribution in [-0.2, 0) is 4.79 Å². The molecule has 0 aliphatic heterocycles. The van der Waals surface area contributed by atoms with Crippen molar-refractivity contribution in [1.82, 2.24) is 0 Å². The van der Waals surface area contributed by atoms with Crippen LogP contribution in [0, 0.1) is 6.42 Å². The molecule has 0 unspecified atom stereocenters. The number of hydrogen-bond acceptors (Lipinski definition) is 1. The van der Waals surface area contributed by atoms with E-state index in [2.05, 4.69) is 0 Å². The second kappa shape index (κ2) is 4.67. The predicted octanol–water partition coefficient (Wildman–Crippen LogP) is 1.19. The average molecular weight is 85.1 g/mol. The summed E-state index contributed by atoms with van der Waals surface area (Å²) in [5.74, 6) is 0. The summed E-state index contributed by atoms with van der Waals surface area (Å²) in [6, 6.07) is 0. The van der Waals surface area contributed by atoms with E-state index in [9.17, 15) is 4.79 Å². The Hall–Kier alpha value is -0.330. The largest absolute Gasteiger partial charge is 0.303 e. The van der Waals surface area contributed by atoms with Crippen LogP contribution in [0.1, 0.15) is 19.8 Å². The van der Waals surface area contributed by atoms with Gasteiger partial charge < -0.3 is 4.79 Å². The standard InChI is InChI=1S/C5H9O/c1-2-3-4-5-6/h4-5H,2-3H2,1H3. The number of rotatable bonds is 3. The Bertz CT molecular complexity index is 32.9. The maximum atomic E-state index is 9.51. The molecule has 0 saturated heterocycles. The second-order valence-electron chi connectivity index (χ2n) is 1.16. The van der Waals surface area contributed by atoms with Gasteiger partial charge in [0.15, 0.2) is 0 Å². The Morgan fingerprint density at radius 3 is 2.50 bits per heavy atom. The summed E-state index contributed by atoms with van der Waals surface area (Å²) in [5.41, 5.74) is 0. The van der Waals surface area contributed by atoms with Crippen LogP contribution in [-0.4, -0.2) is 6.29 Å². The minimum absolute atomic E-state index is 0.837. The van der Waals surface area contributed by atoms with Gasteiger partial charge in [-0.2, -0.15) is 0 Å². The third kappa shape index (κ3) is 3.67. The lowest BCUT2D eigenvalue weighted by molar-refractivity contribution is -0.105. The van der Waals surface area contributed by atoms with Gasteiger partial charge >= 0.3 is 0 Å². The smallest absolute Gasteiger partial charge is 0.123 e. The number of hydrogen-bond donors (Lipinski definition) is 0. The van der Waals surface area contributed by atoms with Crippen molar-refractivity contribution < 1.29 is 4.79 Å². The van der Waals surface area contributed by atoms with Crippen molar-refractivity contribution in [3.05, 3.63) is 6.42 Å². The van der Waals surface area contributed by atoms with Crippen molar-refractivity contribution in [2.24, 2.45) is 0 Å². The normalized spacial score (nSPS) is 8.17. The Morgan fingerprint density at radius 1 is 1.67 bits per heavy atom. The Kier molecular flexibility index (Phi) is 4.41. The lowest BCUT2D eigenvalue weighted by Crippen LogP contribution is -1.72. The van der Waals surface area contributed by atoms with Gasteiger partial charge in [-0.05, 0) is 6.42 Å². The van der Waals surface area contributed by atoms with Crippen LogP contribution < -0.4 is 0 Å².